The molecule has 1 unspecified atom stereocenters. The first-order valence-corrected chi connectivity index (χ1v) is 13.3. The highest BCUT2D eigenvalue weighted by Crippen LogP contribution is 2.32. The van der Waals surface area contributed by atoms with Crippen LogP contribution in [0, 0.1) is 0 Å². The Morgan fingerprint density at radius 2 is 1.59 bits per heavy atom. The first kappa shape index (κ1) is 24.0. The molecule has 196 valence electrons. The van der Waals surface area contributed by atoms with Gasteiger partial charge in [-0.2, -0.15) is 0 Å². The molecule has 6 rings (SSSR count). The summed E-state index contributed by atoms with van der Waals surface area (Å²) in [5.41, 5.74) is 0.913. The van der Waals surface area contributed by atoms with E-state index in [1.165, 1.54) is 12.8 Å². The molecule has 37 heavy (non-hydrogen) atoms. The van der Waals surface area contributed by atoms with E-state index in [1.54, 1.807) is 6.08 Å². The van der Waals surface area contributed by atoms with Gasteiger partial charge in [0.1, 0.15) is 0 Å². The average Bonchev–Trinajstić information content (AvgIpc) is 3.64. The van der Waals surface area contributed by atoms with E-state index in [0.29, 0.717) is 24.9 Å². The van der Waals surface area contributed by atoms with Gasteiger partial charge in [0.2, 0.25) is 12.7 Å². The van der Waals surface area contributed by atoms with Crippen LogP contribution in [0.3, 0.4) is 0 Å². The van der Waals surface area contributed by atoms with Crippen LogP contribution in [0.1, 0.15) is 18.4 Å². The van der Waals surface area contributed by atoms with Gasteiger partial charge in [0.15, 0.2) is 23.1 Å². The molecule has 0 saturated carbocycles. The first-order chi connectivity index (χ1) is 18.2. The summed E-state index contributed by atoms with van der Waals surface area (Å²) in [4.78, 5) is 21.6. The van der Waals surface area contributed by atoms with E-state index in [-0.39, 0.29) is 12.7 Å². The zero-order chi connectivity index (χ0) is 25.0. The topological polar surface area (TPSA) is 83.5 Å². The van der Waals surface area contributed by atoms with Crippen molar-refractivity contribution in [3.05, 3.63) is 42.0 Å². The molecule has 4 aliphatic rings. The van der Waals surface area contributed by atoms with Gasteiger partial charge >= 0.3 is 0 Å². The molecular formula is C27H34N6O4. The number of ether oxygens (including phenoxy) is 3. The van der Waals surface area contributed by atoms with Gasteiger partial charge in [-0.1, -0.05) is 6.07 Å². The van der Waals surface area contributed by atoms with Crippen LogP contribution in [-0.2, 0) is 9.53 Å². The number of nitrogens with zero attached hydrogens (tertiary/aromatic N) is 6. The Balaban J connectivity index is 0.963. The summed E-state index contributed by atoms with van der Waals surface area (Å²) < 4.78 is 16.5. The third-order valence-corrected chi connectivity index (χ3v) is 7.55. The highest BCUT2D eigenvalue weighted by atomic mass is 16.7. The molecule has 0 aliphatic carbocycles. The Morgan fingerprint density at radius 1 is 0.892 bits per heavy atom. The maximum atomic E-state index is 12.7. The molecule has 0 radical (unpaired) electrons. The number of anilines is 2. The molecule has 4 aliphatic heterocycles. The van der Waals surface area contributed by atoms with Gasteiger partial charge in [-0.15, -0.1) is 10.2 Å². The molecule has 1 aromatic carbocycles. The van der Waals surface area contributed by atoms with Gasteiger partial charge in [0, 0.05) is 71.6 Å². The molecule has 1 atom stereocenters. The minimum atomic E-state index is 0.0115. The van der Waals surface area contributed by atoms with Crippen molar-refractivity contribution in [2.75, 3.05) is 82.1 Å². The standard InChI is InChI=1S/C27H34N6O4/c34-27(8-4-21-3-5-23-24(18-21)37-20-36-23)33-15-13-32(14-16-33)26-7-6-25(28-29-26)31-11-9-30(10-12-31)19-22-2-1-17-35-22/h3-8,18,22H,1-2,9-17,19-20H2/b8-4+. The van der Waals surface area contributed by atoms with E-state index >= 15 is 0 Å². The maximum absolute atomic E-state index is 12.7. The first-order valence-electron chi connectivity index (χ1n) is 13.3. The third kappa shape index (κ3) is 5.65. The predicted octanol–water partition coefficient (Wildman–Crippen LogP) is 1.87. The van der Waals surface area contributed by atoms with Crippen LogP contribution in [0.5, 0.6) is 11.5 Å². The lowest BCUT2D eigenvalue weighted by Gasteiger charge is -2.36. The van der Waals surface area contributed by atoms with Gasteiger partial charge in [0.25, 0.3) is 0 Å². The predicted molar refractivity (Wildman–Crippen MR) is 140 cm³/mol. The largest absolute Gasteiger partial charge is 0.454 e. The lowest BCUT2D eigenvalue weighted by molar-refractivity contribution is -0.126. The average molecular weight is 507 g/mol. The minimum absolute atomic E-state index is 0.0115. The maximum Gasteiger partial charge on any atom is 0.246 e. The minimum Gasteiger partial charge on any atom is -0.454 e. The number of hydrogen-bond donors (Lipinski definition) is 0. The van der Waals surface area contributed by atoms with Crippen molar-refractivity contribution >= 4 is 23.6 Å². The highest BCUT2D eigenvalue weighted by Gasteiger charge is 2.25. The second kappa shape index (κ2) is 10.9. The molecule has 2 aromatic rings. The van der Waals surface area contributed by atoms with E-state index in [4.69, 9.17) is 14.2 Å². The van der Waals surface area contributed by atoms with Gasteiger partial charge in [-0.25, -0.2) is 0 Å². The fourth-order valence-corrected chi connectivity index (χ4v) is 5.34. The summed E-state index contributed by atoms with van der Waals surface area (Å²) in [5.74, 6) is 3.26. The summed E-state index contributed by atoms with van der Waals surface area (Å²) in [6.07, 6.45) is 6.24. The van der Waals surface area contributed by atoms with Crippen molar-refractivity contribution in [1.82, 2.24) is 20.0 Å². The van der Waals surface area contributed by atoms with Crippen LogP contribution in [-0.4, -0.2) is 104 Å². The Bertz CT molecular complexity index is 1100. The van der Waals surface area contributed by atoms with Crippen molar-refractivity contribution in [3.8, 4) is 11.5 Å². The van der Waals surface area contributed by atoms with Crippen molar-refractivity contribution in [2.45, 2.75) is 18.9 Å². The molecule has 3 saturated heterocycles. The van der Waals surface area contributed by atoms with E-state index in [0.717, 1.165) is 75.4 Å². The van der Waals surface area contributed by atoms with E-state index in [2.05, 4.69) is 37.0 Å². The zero-order valence-electron chi connectivity index (χ0n) is 21.1. The third-order valence-electron chi connectivity index (χ3n) is 7.55. The van der Waals surface area contributed by atoms with Crippen LogP contribution in [0.4, 0.5) is 11.6 Å². The Kier molecular flexibility index (Phi) is 7.09. The van der Waals surface area contributed by atoms with E-state index < -0.39 is 0 Å². The van der Waals surface area contributed by atoms with Crippen molar-refractivity contribution in [2.24, 2.45) is 0 Å². The summed E-state index contributed by atoms with van der Waals surface area (Å²) in [6.45, 7) is 8.96. The zero-order valence-corrected chi connectivity index (χ0v) is 21.1. The SMILES string of the molecule is O=C(/C=C/c1ccc2c(c1)OCO2)N1CCN(c2ccc(N3CCN(CC4CCCO4)CC3)nn2)CC1. The second-order valence-electron chi connectivity index (χ2n) is 9.93. The Labute approximate surface area is 217 Å². The van der Waals surface area contributed by atoms with Crippen LogP contribution in [0.2, 0.25) is 0 Å². The Hall–Kier alpha value is -3.37. The molecule has 0 N–H and O–H groups in total. The number of rotatable bonds is 6. The van der Waals surface area contributed by atoms with Gasteiger partial charge < -0.3 is 28.9 Å². The molecule has 1 aromatic heterocycles. The molecule has 0 spiro atoms. The Morgan fingerprint density at radius 3 is 2.27 bits per heavy atom. The number of piperazine rings is 2. The monoisotopic (exact) mass is 506 g/mol. The highest BCUT2D eigenvalue weighted by molar-refractivity contribution is 5.92. The number of fused-ring (bicyclic) bond motifs is 1. The lowest BCUT2D eigenvalue weighted by atomic mass is 10.2. The van der Waals surface area contributed by atoms with Crippen molar-refractivity contribution in [1.29, 1.82) is 0 Å². The quantitative estimate of drug-likeness (QED) is 0.545. The van der Waals surface area contributed by atoms with Crippen molar-refractivity contribution in [3.63, 3.8) is 0 Å². The van der Waals surface area contributed by atoms with Gasteiger partial charge in [-0.3, -0.25) is 9.69 Å². The molecule has 3 fully saturated rings. The second-order valence-corrected chi connectivity index (χ2v) is 9.93. The summed E-state index contributed by atoms with van der Waals surface area (Å²) in [7, 11) is 0. The number of aromatic nitrogens is 2. The number of hydrogen-bond acceptors (Lipinski definition) is 9. The normalized spacial score (nSPS) is 22.3. The van der Waals surface area contributed by atoms with Crippen LogP contribution in [0.15, 0.2) is 36.4 Å². The molecule has 10 heteroatoms. The molecule has 1 amide bonds. The summed E-state index contributed by atoms with van der Waals surface area (Å²) >= 11 is 0. The van der Waals surface area contributed by atoms with Gasteiger partial charge in [0.05, 0.1) is 6.10 Å². The number of amides is 1. The summed E-state index contributed by atoms with van der Waals surface area (Å²) in [6, 6.07) is 9.80. The van der Waals surface area contributed by atoms with Crippen molar-refractivity contribution < 1.29 is 19.0 Å². The molecule has 0 bridgehead atoms. The van der Waals surface area contributed by atoms with E-state index in [9.17, 15) is 4.79 Å². The summed E-state index contributed by atoms with van der Waals surface area (Å²) in [5, 5.41) is 9.04. The number of benzene rings is 1. The van der Waals surface area contributed by atoms with Crippen LogP contribution < -0.4 is 19.3 Å². The molecular weight excluding hydrogens is 472 g/mol. The smallest absolute Gasteiger partial charge is 0.246 e. The van der Waals surface area contributed by atoms with Crippen LogP contribution in [0.25, 0.3) is 6.08 Å². The fourth-order valence-electron chi connectivity index (χ4n) is 5.34. The fraction of sp³-hybridized carbons (Fsp3) is 0.519. The number of carbonyl (C=O) groups excluding carboxylic acids is 1. The molecule has 10 nitrogen and oxygen atoms in total. The van der Waals surface area contributed by atoms with Gasteiger partial charge in [-0.05, 0) is 48.7 Å². The van der Waals surface area contributed by atoms with Crippen LogP contribution >= 0.6 is 0 Å². The number of carbonyl (C=O) groups is 1. The van der Waals surface area contributed by atoms with E-state index in [1.807, 2.05) is 29.2 Å². The lowest BCUT2D eigenvalue weighted by Crippen LogP contribution is -2.49. The molecule has 5 heterocycles.